The van der Waals surface area contributed by atoms with Gasteiger partial charge in [-0.2, -0.15) is 0 Å². The number of carbonyl (C=O) groups excluding carboxylic acids is 2. The Balaban J connectivity index is 1.84. The molecule has 2 aromatic rings. The third-order valence-corrected chi connectivity index (χ3v) is 3.71. The first-order valence-electron chi connectivity index (χ1n) is 8.05. The molecule has 0 saturated carbocycles. The van der Waals surface area contributed by atoms with Gasteiger partial charge in [0.15, 0.2) is 0 Å². The third-order valence-electron chi connectivity index (χ3n) is 3.71. The van der Waals surface area contributed by atoms with E-state index in [0.29, 0.717) is 24.3 Å². The van der Waals surface area contributed by atoms with E-state index in [1.165, 1.54) is 26.4 Å². The summed E-state index contributed by atoms with van der Waals surface area (Å²) in [6.07, 6.45) is 0.528. The lowest BCUT2D eigenvalue weighted by atomic mass is 10.1. The highest BCUT2D eigenvalue weighted by Gasteiger charge is 2.13. The molecule has 138 valence electrons. The molecule has 6 nitrogen and oxygen atoms in total. The van der Waals surface area contributed by atoms with E-state index in [1.54, 1.807) is 30.3 Å². The Morgan fingerprint density at radius 2 is 1.85 bits per heavy atom. The highest BCUT2D eigenvalue weighted by molar-refractivity contribution is 5.92. The minimum atomic E-state index is -0.511. The number of ether oxygens (including phenoxy) is 2. The summed E-state index contributed by atoms with van der Waals surface area (Å²) in [5, 5.41) is 5.40. The number of esters is 1. The molecule has 0 heterocycles. The first-order valence-corrected chi connectivity index (χ1v) is 8.05. The number of rotatable bonds is 7. The smallest absolute Gasteiger partial charge is 0.341 e. The summed E-state index contributed by atoms with van der Waals surface area (Å²) in [7, 11) is 2.75. The van der Waals surface area contributed by atoms with Gasteiger partial charge in [-0.05, 0) is 41.8 Å². The van der Waals surface area contributed by atoms with Crippen LogP contribution in [0, 0.1) is 5.82 Å². The van der Waals surface area contributed by atoms with Gasteiger partial charge in [-0.1, -0.05) is 18.2 Å². The largest absolute Gasteiger partial charge is 0.496 e. The van der Waals surface area contributed by atoms with E-state index in [-0.39, 0.29) is 18.4 Å². The number of carbonyl (C=O) groups is 2. The van der Waals surface area contributed by atoms with Crippen LogP contribution < -0.4 is 15.4 Å². The molecule has 0 unspecified atom stereocenters. The topological polar surface area (TPSA) is 76.7 Å². The van der Waals surface area contributed by atoms with Gasteiger partial charge in [0.2, 0.25) is 0 Å². The minimum Gasteiger partial charge on any atom is -0.496 e. The van der Waals surface area contributed by atoms with Crippen LogP contribution in [0.1, 0.15) is 21.5 Å². The second-order valence-corrected chi connectivity index (χ2v) is 5.52. The van der Waals surface area contributed by atoms with Gasteiger partial charge in [0.1, 0.15) is 17.1 Å². The monoisotopic (exact) mass is 360 g/mol. The molecule has 0 spiro atoms. The fraction of sp³-hybridized carbons (Fsp3) is 0.263. The molecule has 0 atom stereocenters. The van der Waals surface area contributed by atoms with E-state index >= 15 is 0 Å². The molecule has 2 aromatic carbocycles. The van der Waals surface area contributed by atoms with Crippen molar-refractivity contribution < 1.29 is 23.5 Å². The molecule has 2 rings (SSSR count). The Labute approximate surface area is 151 Å². The van der Waals surface area contributed by atoms with Crippen molar-refractivity contribution in [2.45, 2.75) is 13.0 Å². The molecule has 26 heavy (non-hydrogen) atoms. The molecule has 0 aliphatic rings. The molecular weight excluding hydrogens is 339 g/mol. The Morgan fingerprint density at radius 1 is 1.04 bits per heavy atom. The van der Waals surface area contributed by atoms with Gasteiger partial charge < -0.3 is 20.1 Å². The zero-order valence-electron chi connectivity index (χ0n) is 14.7. The zero-order valence-corrected chi connectivity index (χ0v) is 14.7. The maximum absolute atomic E-state index is 13.1. The SMILES string of the molecule is COC(=O)c1cc(CNC(=O)NCCc2cccc(F)c2)ccc1OC. The van der Waals surface area contributed by atoms with Gasteiger partial charge >= 0.3 is 12.0 Å². The first kappa shape index (κ1) is 19.2. The molecule has 0 fully saturated rings. The molecule has 2 N–H and O–H groups in total. The quantitative estimate of drug-likeness (QED) is 0.745. The summed E-state index contributed by atoms with van der Waals surface area (Å²) in [6.45, 7) is 0.616. The lowest BCUT2D eigenvalue weighted by molar-refractivity contribution is 0.0597. The third kappa shape index (κ3) is 5.47. The van der Waals surface area contributed by atoms with Crippen molar-refractivity contribution in [3.63, 3.8) is 0 Å². The Morgan fingerprint density at radius 3 is 2.54 bits per heavy atom. The fourth-order valence-electron chi connectivity index (χ4n) is 2.39. The lowest BCUT2D eigenvalue weighted by Gasteiger charge is -2.11. The normalized spacial score (nSPS) is 10.1. The maximum Gasteiger partial charge on any atom is 0.341 e. The summed E-state index contributed by atoms with van der Waals surface area (Å²) < 4.78 is 22.9. The van der Waals surface area contributed by atoms with Crippen molar-refractivity contribution in [1.29, 1.82) is 0 Å². The molecule has 2 amide bonds. The van der Waals surface area contributed by atoms with Crippen molar-refractivity contribution in [2.75, 3.05) is 20.8 Å². The molecule has 0 aliphatic carbocycles. The zero-order chi connectivity index (χ0) is 18.9. The first-order chi connectivity index (χ1) is 12.5. The van der Waals surface area contributed by atoms with Gasteiger partial charge in [0, 0.05) is 13.1 Å². The number of methoxy groups -OCH3 is 2. The molecule has 0 saturated heterocycles. The van der Waals surface area contributed by atoms with Gasteiger partial charge in [-0.3, -0.25) is 0 Å². The maximum atomic E-state index is 13.1. The molecular formula is C19H21FN2O4. The summed E-state index contributed by atoms with van der Waals surface area (Å²) in [5.74, 6) is -0.406. The standard InChI is InChI=1S/C19H21FN2O4/c1-25-17-7-6-14(11-16(17)18(23)26-2)12-22-19(24)21-9-8-13-4-3-5-15(20)10-13/h3-7,10-11H,8-9,12H2,1-2H3,(H2,21,22,24). The van der Waals surface area contributed by atoms with Crippen LogP contribution >= 0.6 is 0 Å². The van der Waals surface area contributed by atoms with Crippen LogP contribution in [-0.2, 0) is 17.7 Å². The van der Waals surface area contributed by atoms with Gasteiger partial charge in [-0.25, -0.2) is 14.0 Å². The highest BCUT2D eigenvalue weighted by atomic mass is 19.1. The van der Waals surface area contributed by atoms with Crippen LogP contribution in [-0.4, -0.2) is 32.8 Å². The summed E-state index contributed by atoms with van der Waals surface area (Å²) in [4.78, 5) is 23.6. The van der Waals surface area contributed by atoms with Gasteiger partial charge in [-0.15, -0.1) is 0 Å². The van der Waals surface area contributed by atoms with Gasteiger partial charge in [0.25, 0.3) is 0 Å². The highest BCUT2D eigenvalue weighted by Crippen LogP contribution is 2.20. The van der Waals surface area contributed by atoms with Crippen molar-refractivity contribution in [3.05, 3.63) is 65.0 Å². The van der Waals surface area contributed by atoms with Crippen molar-refractivity contribution in [2.24, 2.45) is 0 Å². The van der Waals surface area contributed by atoms with Crippen LogP contribution in [0.15, 0.2) is 42.5 Å². The van der Waals surface area contributed by atoms with Crippen molar-refractivity contribution >= 4 is 12.0 Å². The second kappa shape index (κ2) is 9.41. The number of nitrogens with one attached hydrogen (secondary N) is 2. The van der Waals surface area contributed by atoms with Crippen LogP contribution in [0.5, 0.6) is 5.75 Å². The minimum absolute atomic E-state index is 0.236. The summed E-state index contributed by atoms with van der Waals surface area (Å²) in [6, 6.07) is 10.9. The molecule has 0 aliphatic heterocycles. The second-order valence-electron chi connectivity index (χ2n) is 5.52. The summed E-state index contributed by atoms with van der Waals surface area (Å²) >= 11 is 0. The summed E-state index contributed by atoms with van der Waals surface area (Å²) in [5.41, 5.74) is 1.83. The van der Waals surface area contributed by atoms with Crippen LogP contribution in [0.3, 0.4) is 0 Å². The van der Waals surface area contributed by atoms with E-state index in [1.807, 2.05) is 0 Å². The van der Waals surface area contributed by atoms with Crippen molar-refractivity contribution in [3.8, 4) is 5.75 Å². The van der Waals surface area contributed by atoms with E-state index in [2.05, 4.69) is 10.6 Å². The number of hydrogen-bond donors (Lipinski definition) is 2. The number of benzene rings is 2. The number of amides is 2. The predicted octanol–water partition coefficient (Wildman–Crippen LogP) is 2.66. The Kier molecular flexibility index (Phi) is 6.96. The number of hydrogen-bond acceptors (Lipinski definition) is 4. The van der Waals surface area contributed by atoms with E-state index in [0.717, 1.165) is 11.1 Å². The van der Waals surface area contributed by atoms with E-state index < -0.39 is 5.97 Å². The molecule has 0 radical (unpaired) electrons. The lowest BCUT2D eigenvalue weighted by Crippen LogP contribution is -2.36. The van der Waals surface area contributed by atoms with Gasteiger partial charge in [0.05, 0.1) is 14.2 Å². The number of urea groups is 1. The average Bonchev–Trinajstić information content (AvgIpc) is 2.65. The Bertz CT molecular complexity index is 780. The van der Waals surface area contributed by atoms with Crippen molar-refractivity contribution in [1.82, 2.24) is 10.6 Å². The van der Waals surface area contributed by atoms with E-state index in [4.69, 9.17) is 9.47 Å². The fourth-order valence-corrected chi connectivity index (χ4v) is 2.39. The van der Waals surface area contributed by atoms with Crippen LogP contribution in [0.2, 0.25) is 0 Å². The van der Waals surface area contributed by atoms with Crippen LogP contribution in [0.25, 0.3) is 0 Å². The molecule has 7 heteroatoms. The van der Waals surface area contributed by atoms with E-state index in [9.17, 15) is 14.0 Å². The average molecular weight is 360 g/mol. The Hall–Kier alpha value is -3.09. The predicted molar refractivity (Wildman–Crippen MR) is 94.7 cm³/mol. The van der Waals surface area contributed by atoms with Crippen LogP contribution in [0.4, 0.5) is 9.18 Å². The molecule has 0 aromatic heterocycles. The molecule has 0 bridgehead atoms. The number of halogens is 1.